The second-order valence-electron chi connectivity index (χ2n) is 7.55. The lowest BCUT2D eigenvalue weighted by Gasteiger charge is -2.13. The Hall–Kier alpha value is -1.94. The summed E-state index contributed by atoms with van der Waals surface area (Å²) in [6.45, 7) is 3.26. The molecule has 3 aromatic rings. The number of hydrogen-bond acceptors (Lipinski definition) is 2. The van der Waals surface area contributed by atoms with Gasteiger partial charge in [0.05, 0.1) is 19.9 Å². The maximum atomic E-state index is 5.48. The summed E-state index contributed by atoms with van der Waals surface area (Å²) in [5.41, 5.74) is 5.13. The first kappa shape index (κ1) is 21.8. The van der Waals surface area contributed by atoms with Crippen molar-refractivity contribution in [3.63, 3.8) is 0 Å². The van der Waals surface area contributed by atoms with E-state index in [4.69, 9.17) is 9.47 Å². The SMILES string of the molecule is COc1ccc(-c2c(C)c3cc(OC)ccc3n2CCCCCCCCBr)cc1. The summed E-state index contributed by atoms with van der Waals surface area (Å²) in [5.74, 6) is 1.80. The van der Waals surface area contributed by atoms with Crippen LogP contribution in [-0.2, 0) is 6.54 Å². The van der Waals surface area contributed by atoms with Gasteiger partial charge in [0.2, 0.25) is 0 Å². The highest BCUT2D eigenvalue weighted by molar-refractivity contribution is 9.09. The van der Waals surface area contributed by atoms with Crippen LogP contribution in [0.5, 0.6) is 11.5 Å². The van der Waals surface area contributed by atoms with Gasteiger partial charge in [-0.3, -0.25) is 0 Å². The van der Waals surface area contributed by atoms with Crippen molar-refractivity contribution in [2.24, 2.45) is 0 Å². The van der Waals surface area contributed by atoms with Crippen LogP contribution in [0, 0.1) is 6.92 Å². The predicted molar refractivity (Wildman–Crippen MR) is 127 cm³/mol. The first-order valence-corrected chi connectivity index (χ1v) is 11.7. The minimum Gasteiger partial charge on any atom is -0.497 e. The number of aryl methyl sites for hydroxylation is 2. The third-order valence-corrected chi connectivity index (χ3v) is 6.21. The van der Waals surface area contributed by atoms with Crippen LogP contribution < -0.4 is 9.47 Å². The van der Waals surface area contributed by atoms with E-state index in [2.05, 4.69) is 57.8 Å². The number of alkyl halides is 1. The molecule has 0 atom stereocenters. The van der Waals surface area contributed by atoms with Gasteiger partial charge in [0.25, 0.3) is 0 Å². The molecule has 0 saturated heterocycles. The molecule has 0 radical (unpaired) electrons. The molecule has 0 spiro atoms. The van der Waals surface area contributed by atoms with Gasteiger partial charge in [-0.15, -0.1) is 0 Å². The standard InChI is InChI=1S/C25H32BrNO2/c1-19-23-18-22(29-3)14-15-24(23)27(17-9-7-5-4-6-8-16-26)25(19)20-10-12-21(28-2)13-11-20/h10-15,18H,4-9,16-17H2,1-3H3. The van der Waals surface area contributed by atoms with Crippen LogP contribution in [0.25, 0.3) is 22.2 Å². The molecule has 3 nitrogen and oxygen atoms in total. The first-order chi connectivity index (χ1) is 14.2. The summed E-state index contributed by atoms with van der Waals surface area (Å²) < 4.78 is 13.3. The zero-order valence-electron chi connectivity index (χ0n) is 17.8. The Bertz CT molecular complexity index is 915. The van der Waals surface area contributed by atoms with E-state index in [1.807, 2.05) is 12.1 Å². The fraction of sp³-hybridized carbons (Fsp3) is 0.440. The number of nitrogens with zero attached hydrogens (tertiary/aromatic N) is 1. The minimum atomic E-state index is 0.888. The number of ether oxygens (including phenoxy) is 2. The molecule has 0 fully saturated rings. The number of hydrogen-bond donors (Lipinski definition) is 0. The first-order valence-electron chi connectivity index (χ1n) is 10.6. The van der Waals surface area contributed by atoms with Crippen molar-refractivity contribution in [3.05, 3.63) is 48.0 Å². The second kappa shape index (κ2) is 10.7. The molecule has 1 aromatic heterocycles. The molecule has 0 saturated carbocycles. The van der Waals surface area contributed by atoms with E-state index in [1.54, 1.807) is 14.2 Å². The summed E-state index contributed by atoms with van der Waals surface area (Å²) in [6, 6.07) is 14.8. The van der Waals surface area contributed by atoms with Crippen molar-refractivity contribution in [2.45, 2.75) is 52.0 Å². The number of unbranched alkanes of at least 4 members (excludes halogenated alkanes) is 5. The normalized spacial score (nSPS) is 11.2. The minimum absolute atomic E-state index is 0.888. The van der Waals surface area contributed by atoms with Crippen LogP contribution in [0.15, 0.2) is 42.5 Å². The van der Waals surface area contributed by atoms with E-state index in [0.29, 0.717) is 0 Å². The molecule has 1 heterocycles. The maximum absolute atomic E-state index is 5.48. The maximum Gasteiger partial charge on any atom is 0.119 e. The lowest BCUT2D eigenvalue weighted by atomic mass is 10.1. The van der Waals surface area contributed by atoms with Gasteiger partial charge in [-0.1, -0.05) is 41.6 Å². The summed E-state index contributed by atoms with van der Waals surface area (Å²) in [7, 11) is 3.44. The highest BCUT2D eigenvalue weighted by Crippen LogP contribution is 2.36. The summed E-state index contributed by atoms with van der Waals surface area (Å²) in [6.07, 6.45) is 7.74. The van der Waals surface area contributed by atoms with E-state index < -0.39 is 0 Å². The summed E-state index contributed by atoms with van der Waals surface area (Å²) in [4.78, 5) is 0. The Morgan fingerprint density at radius 2 is 1.41 bits per heavy atom. The fourth-order valence-electron chi connectivity index (χ4n) is 4.05. The third kappa shape index (κ3) is 5.16. The summed E-state index contributed by atoms with van der Waals surface area (Å²) in [5, 5.41) is 2.39. The Morgan fingerprint density at radius 3 is 2.07 bits per heavy atom. The second-order valence-corrected chi connectivity index (χ2v) is 8.34. The average molecular weight is 458 g/mol. The number of benzene rings is 2. The molecule has 29 heavy (non-hydrogen) atoms. The molecule has 0 N–H and O–H groups in total. The number of methoxy groups -OCH3 is 2. The van der Waals surface area contributed by atoms with Crippen molar-refractivity contribution in [3.8, 4) is 22.8 Å². The van der Waals surface area contributed by atoms with E-state index in [0.717, 1.165) is 23.4 Å². The van der Waals surface area contributed by atoms with Crippen LogP contribution in [0.3, 0.4) is 0 Å². The lowest BCUT2D eigenvalue weighted by molar-refractivity contribution is 0.415. The third-order valence-electron chi connectivity index (χ3n) is 5.65. The van der Waals surface area contributed by atoms with E-state index >= 15 is 0 Å². The molecule has 0 aliphatic rings. The Kier molecular flexibility index (Phi) is 8.05. The Morgan fingerprint density at radius 1 is 0.793 bits per heavy atom. The van der Waals surface area contributed by atoms with Gasteiger partial charge >= 0.3 is 0 Å². The van der Waals surface area contributed by atoms with E-state index in [9.17, 15) is 0 Å². The quantitative estimate of drug-likeness (QED) is 0.221. The highest BCUT2D eigenvalue weighted by Gasteiger charge is 2.16. The molecule has 156 valence electrons. The molecule has 0 aliphatic heterocycles. The van der Waals surface area contributed by atoms with Gasteiger partial charge in [0.15, 0.2) is 0 Å². The van der Waals surface area contributed by atoms with Crippen molar-refractivity contribution in [1.82, 2.24) is 4.57 Å². The number of rotatable bonds is 11. The van der Waals surface area contributed by atoms with Crippen LogP contribution in [0.1, 0.15) is 44.1 Å². The zero-order valence-corrected chi connectivity index (χ0v) is 19.4. The van der Waals surface area contributed by atoms with Crippen LogP contribution >= 0.6 is 15.9 Å². The smallest absolute Gasteiger partial charge is 0.119 e. The zero-order chi connectivity index (χ0) is 20.6. The molecule has 0 aliphatic carbocycles. The van der Waals surface area contributed by atoms with Crippen LogP contribution in [0.4, 0.5) is 0 Å². The lowest BCUT2D eigenvalue weighted by Crippen LogP contribution is -2.01. The van der Waals surface area contributed by atoms with Gasteiger partial charge in [-0.05, 0) is 73.4 Å². The molecular formula is C25H32BrNO2. The monoisotopic (exact) mass is 457 g/mol. The molecule has 0 bridgehead atoms. The number of aromatic nitrogens is 1. The van der Waals surface area contributed by atoms with Crippen LogP contribution in [-0.4, -0.2) is 24.1 Å². The van der Waals surface area contributed by atoms with Crippen LogP contribution in [0.2, 0.25) is 0 Å². The van der Waals surface area contributed by atoms with Crippen molar-refractivity contribution in [2.75, 3.05) is 19.5 Å². The average Bonchev–Trinajstić information content (AvgIpc) is 3.04. The van der Waals surface area contributed by atoms with E-state index in [1.165, 1.54) is 66.2 Å². The number of fused-ring (bicyclic) bond motifs is 1. The van der Waals surface area contributed by atoms with Gasteiger partial charge in [-0.25, -0.2) is 0 Å². The molecule has 0 unspecified atom stereocenters. The van der Waals surface area contributed by atoms with Crippen molar-refractivity contribution >= 4 is 26.8 Å². The predicted octanol–water partition coefficient (Wildman–Crippen LogP) is 7.37. The molecule has 2 aromatic carbocycles. The Labute approximate surface area is 183 Å². The fourth-order valence-corrected chi connectivity index (χ4v) is 4.45. The van der Waals surface area contributed by atoms with Gasteiger partial charge in [-0.2, -0.15) is 0 Å². The largest absolute Gasteiger partial charge is 0.497 e. The summed E-state index contributed by atoms with van der Waals surface area (Å²) >= 11 is 3.52. The van der Waals surface area contributed by atoms with Crippen molar-refractivity contribution < 1.29 is 9.47 Å². The molecule has 3 rings (SSSR count). The number of halogens is 1. The molecular weight excluding hydrogens is 426 g/mol. The van der Waals surface area contributed by atoms with Gasteiger partial charge in [0, 0.05) is 22.8 Å². The van der Waals surface area contributed by atoms with Gasteiger partial charge < -0.3 is 14.0 Å². The Balaban J connectivity index is 1.88. The molecule has 0 amide bonds. The van der Waals surface area contributed by atoms with Gasteiger partial charge in [0.1, 0.15) is 11.5 Å². The highest BCUT2D eigenvalue weighted by atomic mass is 79.9. The van der Waals surface area contributed by atoms with E-state index in [-0.39, 0.29) is 0 Å². The topological polar surface area (TPSA) is 23.4 Å². The van der Waals surface area contributed by atoms with Crippen molar-refractivity contribution in [1.29, 1.82) is 0 Å². The molecule has 4 heteroatoms.